The molecule has 0 bridgehead atoms. The Morgan fingerprint density at radius 2 is 1.37 bits per heavy atom. The average Bonchev–Trinajstić information content (AvgIpc) is 2.78. The van der Waals surface area contributed by atoms with Gasteiger partial charge in [0.05, 0.1) is 78.3 Å². The molecule has 35 heavy (non-hydrogen) atoms. The van der Waals surface area contributed by atoms with Crippen LogP contribution >= 0.6 is 0 Å². The molecule has 0 aliphatic rings. The second-order valence-corrected chi connectivity index (χ2v) is 7.96. The smallest absolute Gasteiger partial charge is 0.404 e. The van der Waals surface area contributed by atoms with Gasteiger partial charge in [0.2, 0.25) is 5.91 Å². The summed E-state index contributed by atoms with van der Waals surface area (Å²) in [5.74, 6) is 6.26. The van der Waals surface area contributed by atoms with Crippen molar-refractivity contribution in [2.24, 2.45) is 17.5 Å². The Labute approximate surface area is 208 Å². The van der Waals surface area contributed by atoms with Crippen LogP contribution in [-0.2, 0) is 28.5 Å². The van der Waals surface area contributed by atoms with Crippen LogP contribution in [0.4, 0.5) is 4.79 Å². The fourth-order valence-electron chi connectivity index (χ4n) is 2.43. The Morgan fingerprint density at radius 1 is 0.857 bits per heavy atom. The number of hydrogen-bond acceptors (Lipinski definition) is 10. The molecule has 13 heteroatoms. The van der Waals surface area contributed by atoms with Crippen LogP contribution in [0.25, 0.3) is 0 Å². The van der Waals surface area contributed by atoms with Gasteiger partial charge < -0.3 is 50.2 Å². The summed E-state index contributed by atoms with van der Waals surface area (Å²) in [4.78, 5) is 21.9. The lowest BCUT2D eigenvalue weighted by atomic mass is 10.1. The number of ether oxygens (including phenoxy) is 5. The van der Waals surface area contributed by atoms with Crippen LogP contribution in [0.3, 0.4) is 0 Å². The number of carbonyl (C=O) groups excluding carboxylic acids is 1. The van der Waals surface area contributed by atoms with Crippen molar-refractivity contribution < 1.29 is 38.4 Å². The van der Waals surface area contributed by atoms with E-state index in [9.17, 15) is 9.59 Å². The van der Waals surface area contributed by atoms with Gasteiger partial charge in [-0.1, -0.05) is 13.8 Å². The number of hydrogen-bond donors (Lipinski definition) is 5. The molecule has 0 rings (SSSR count). The summed E-state index contributed by atoms with van der Waals surface area (Å²) >= 11 is 0. The summed E-state index contributed by atoms with van der Waals surface area (Å²) in [6.45, 7) is 9.43. The molecule has 0 unspecified atom stereocenters. The van der Waals surface area contributed by atoms with E-state index in [2.05, 4.69) is 24.5 Å². The zero-order valence-electron chi connectivity index (χ0n) is 21.2. The van der Waals surface area contributed by atoms with Gasteiger partial charge in [-0.05, 0) is 12.3 Å². The second-order valence-electron chi connectivity index (χ2n) is 7.96. The molecular weight excluding hydrogens is 462 g/mol. The van der Waals surface area contributed by atoms with E-state index in [1.54, 1.807) is 0 Å². The molecule has 0 saturated heterocycles. The number of nitrogens with one attached hydrogen (secondary N) is 2. The molecule has 0 saturated carbocycles. The van der Waals surface area contributed by atoms with E-state index in [4.69, 9.17) is 40.4 Å². The minimum Gasteiger partial charge on any atom is -0.465 e. The maximum Gasteiger partial charge on any atom is 0.404 e. The average molecular weight is 508 g/mol. The van der Waals surface area contributed by atoms with E-state index in [1.807, 2.05) is 0 Å². The standard InChI is InChI=1S/C22H45N5O8/c1-19(2)3-5-25-21(28)4-8-31-9-10-32-11-12-33-13-14-34-15-16-35-18-20(23)17-27(24)7-6-26-22(29)30/h17,19,26H,3-16,18,23-24H2,1-2H3,(H,25,28)(H,29,30)/b20-17-. The SMILES string of the molecule is CC(C)CCNC(=O)CCOCCOCCOCCOCCOC/C(N)=C/N(N)CCNC(=O)O. The van der Waals surface area contributed by atoms with Crippen LogP contribution in [-0.4, -0.2) is 108 Å². The van der Waals surface area contributed by atoms with E-state index in [1.165, 1.54) is 11.2 Å². The van der Waals surface area contributed by atoms with Gasteiger partial charge >= 0.3 is 6.09 Å². The molecule has 206 valence electrons. The fraction of sp³-hybridized carbons (Fsp3) is 0.818. The van der Waals surface area contributed by atoms with Gasteiger partial charge in [-0.2, -0.15) is 0 Å². The van der Waals surface area contributed by atoms with Gasteiger partial charge in [-0.25, -0.2) is 10.6 Å². The molecule has 0 spiro atoms. The Bertz CT molecular complexity index is 566. The summed E-state index contributed by atoms with van der Waals surface area (Å²) in [6, 6.07) is 0. The van der Waals surface area contributed by atoms with Gasteiger partial charge in [0.1, 0.15) is 0 Å². The molecule has 0 fully saturated rings. The van der Waals surface area contributed by atoms with Crippen molar-refractivity contribution in [3.8, 4) is 0 Å². The molecule has 0 aliphatic carbocycles. The van der Waals surface area contributed by atoms with Crippen molar-refractivity contribution in [1.29, 1.82) is 0 Å². The Hall–Kier alpha value is -2.16. The van der Waals surface area contributed by atoms with Crippen LogP contribution in [0.1, 0.15) is 26.7 Å². The first-order valence-corrected chi connectivity index (χ1v) is 11.9. The molecule has 0 heterocycles. The fourth-order valence-corrected chi connectivity index (χ4v) is 2.43. The van der Waals surface area contributed by atoms with Crippen molar-refractivity contribution in [2.45, 2.75) is 26.7 Å². The molecule has 0 aromatic heterocycles. The number of carboxylic acid groups (broad SMARTS) is 1. The summed E-state index contributed by atoms with van der Waals surface area (Å²) < 4.78 is 27.0. The zero-order valence-corrected chi connectivity index (χ0v) is 21.2. The molecule has 0 aliphatic heterocycles. The minimum atomic E-state index is -1.11. The van der Waals surface area contributed by atoms with E-state index >= 15 is 0 Å². The highest BCUT2D eigenvalue weighted by Gasteiger charge is 2.02. The third-order valence-electron chi connectivity index (χ3n) is 4.25. The number of rotatable bonds is 24. The number of carbonyl (C=O) groups is 2. The molecule has 7 N–H and O–H groups in total. The predicted octanol–water partition coefficient (Wildman–Crippen LogP) is -0.135. The third kappa shape index (κ3) is 26.3. The first-order chi connectivity index (χ1) is 16.8. The lowest BCUT2D eigenvalue weighted by Crippen LogP contribution is -2.36. The Balaban J connectivity index is 3.34. The molecule has 2 amide bonds. The van der Waals surface area contributed by atoms with Crippen molar-refractivity contribution in [3.63, 3.8) is 0 Å². The Morgan fingerprint density at radius 3 is 1.89 bits per heavy atom. The monoisotopic (exact) mass is 507 g/mol. The van der Waals surface area contributed by atoms with Gasteiger partial charge in [-0.15, -0.1) is 0 Å². The highest BCUT2D eigenvalue weighted by atomic mass is 16.6. The van der Waals surface area contributed by atoms with Crippen LogP contribution in [0.5, 0.6) is 0 Å². The van der Waals surface area contributed by atoms with Crippen molar-refractivity contribution in [2.75, 3.05) is 85.7 Å². The van der Waals surface area contributed by atoms with Gasteiger partial charge in [0.15, 0.2) is 0 Å². The minimum absolute atomic E-state index is 0.0114. The number of nitrogens with two attached hydrogens (primary N) is 2. The molecule has 0 radical (unpaired) electrons. The molecular formula is C22H45N5O8. The number of nitrogens with zero attached hydrogens (tertiary/aromatic N) is 1. The largest absolute Gasteiger partial charge is 0.465 e. The highest BCUT2D eigenvalue weighted by Crippen LogP contribution is 1.96. The highest BCUT2D eigenvalue weighted by molar-refractivity contribution is 5.75. The molecule has 0 aromatic carbocycles. The topological polar surface area (TPSA) is 180 Å². The van der Waals surface area contributed by atoms with Crippen molar-refractivity contribution in [3.05, 3.63) is 11.9 Å². The van der Waals surface area contributed by atoms with Crippen LogP contribution in [0, 0.1) is 5.92 Å². The summed E-state index contributed by atoms with van der Waals surface area (Å²) in [7, 11) is 0. The third-order valence-corrected chi connectivity index (χ3v) is 4.25. The maximum absolute atomic E-state index is 11.6. The Kier molecular flexibility index (Phi) is 22.1. The van der Waals surface area contributed by atoms with Gasteiger partial charge in [0.25, 0.3) is 0 Å². The normalized spacial score (nSPS) is 11.6. The molecule has 0 aromatic rings. The first kappa shape index (κ1) is 32.8. The molecule has 0 atom stereocenters. The first-order valence-electron chi connectivity index (χ1n) is 11.9. The lowest BCUT2D eigenvalue weighted by molar-refractivity contribution is -0.122. The lowest BCUT2D eigenvalue weighted by Gasteiger charge is -2.14. The number of amides is 2. The predicted molar refractivity (Wildman–Crippen MR) is 130 cm³/mol. The van der Waals surface area contributed by atoms with Crippen LogP contribution in [0.15, 0.2) is 11.9 Å². The van der Waals surface area contributed by atoms with Gasteiger partial charge in [-0.3, -0.25) is 4.79 Å². The van der Waals surface area contributed by atoms with Gasteiger partial charge in [0, 0.05) is 25.7 Å². The second kappa shape index (κ2) is 23.6. The van der Waals surface area contributed by atoms with Crippen LogP contribution in [0.2, 0.25) is 0 Å². The summed E-state index contributed by atoms with van der Waals surface area (Å²) in [5, 5.41) is 14.8. The number of hydrazine groups is 1. The van der Waals surface area contributed by atoms with E-state index < -0.39 is 6.09 Å². The quantitative estimate of drug-likeness (QED) is 0.0667. The van der Waals surface area contributed by atoms with E-state index in [0.717, 1.165) is 6.42 Å². The van der Waals surface area contributed by atoms with Crippen LogP contribution < -0.4 is 22.2 Å². The van der Waals surface area contributed by atoms with Crippen molar-refractivity contribution in [1.82, 2.24) is 15.6 Å². The van der Waals surface area contributed by atoms with E-state index in [0.29, 0.717) is 84.0 Å². The van der Waals surface area contributed by atoms with E-state index in [-0.39, 0.29) is 25.6 Å². The summed E-state index contributed by atoms with van der Waals surface area (Å²) in [6.07, 6.45) is 1.72. The summed E-state index contributed by atoms with van der Waals surface area (Å²) in [5.41, 5.74) is 6.19. The maximum atomic E-state index is 11.6. The van der Waals surface area contributed by atoms with Crippen molar-refractivity contribution >= 4 is 12.0 Å². The zero-order chi connectivity index (χ0) is 26.2. The molecule has 13 nitrogen and oxygen atoms in total.